The van der Waals surface area contributed by atoms with Crippen LogP contribution >= 0.6 is 15.9 Å². The van der Waals surface area contributed by atoms with Crippen molar-refractivity contribution in [3.8, 4) is 0 Å². The van der Waals surface area contributed by atoms with Crippen LogP contribution in [0.5, 0.6) is 0 Å². The van der Waals surface area contributed by atoms with Gasteiger partial charge in [0.05, 0.1) is 0 Å². The summed E-state index contributed by atoms with van der Waals surface area (Å²) in [5.74, 6) is 2.08. The third-order valence-corrected chi connectivity index (χ3v) is 3.90. The molecule has 0 radical (unpaired) electrons. The summed E-state index contributed by atoms with van der Waals surface area (Å²) >= 11 is 3.21. The molecule has 1 atom stereocenters. The number of rotatable bonds is 2. The molecule has 2 aromatic heterocycles. The zero-order chi connectivity index (χ0) is 14.1. The van der Waals surface area contributed by atoms with Crippen LogP contribution in [-0.2, 0) is 0 Å². The Hall–Kier alpha value is -1.63. The Balaban J connectivity index is 1.73. The number of piperidine rings is 1. The van der Waals surface area contributed by atoms with E-state index >= 15 is 0 Å². The summed E-state index contributed by atoms with van der Waals surface area (Å²) in [4.78, 5) is 18.5. The fourth-order valence-corrected chi connectivity index (χ4v) is 2.81. The fraction of sp³-hybridized carbons (Fsp3) is 0.462. The van der Waals surface area contributed by atoms with Gasteiger partial charge in [-0.1, -0.05) is 0 Å². The maximum absolute atomic E-state index is 12.4. The van der Waals surface area contributed by atoms with Crippen LogP contribution in [0.15, 0.2) is 21.2 Å². The SMILES string of the molecule is Cc1nc([C@@H]2CCCN(C(=O)c3ccc(Br)o3)C2)n[nH]1. The number of hydrogen-bond donors (Lipinski definition) is 1. The first-order valence-electron chi connectivity index (χ1n) is 6.57. The highest BCUT2D eigenvalue weighted by Crippen LogP contribution is 2.26. The van der Waals surface area contributed by atoms with Crippen LogP contribution in [0.25, 0.3) is 0 Å². The van der Waals surface area contributed by atoms with Crippen molar-refractivity contribution in [1.82, 2.24) is 20.1 Å². The van der Waals surface area contributed by atoms with Crippen molar-refractivity contribution in [2.75, 3.05) is 13.1 Å². The van der Waals surface area contributed by atoms with Crippen molar-refractivity contribution in [2.24, 2.45) is 0 Å². The zero-order valence-electron chi connectivity index (χ0n) is 11.1. The molecular formula is C13H15BrN4O2. The van der Waals surface area contributed by atoms with Crippen molar-refractivity contribution in [3.05, 3.63) is 34.2 Å². The van der Waals surface area contributed by atoms with Crippen molar-refractivity contribution < 1.29 is 9.21 Å². The van der Waals surface area contributed by atoms with Crippen LogP contribution in [0.4, 0.5) is 0 Å². The summed E-state index contributed by atoms with van der Waals surface area (Å²) < 4.78 is 5.90. The van der Waals surface area contributed by atoms with E-state index in [0.717, 1.165) is 31.0 Å². The number of furan rings is 1. The molecule has 2 aromatic rings. The molecule has 0 aliphatic carbocycles. The number of carbonyl (C=O) groups excluding carboxylic acids is 1. The van der Waals surface area contributed by atoms with Gasteiger partial charge in [-0.2, -0.15) is 5.10 Å². The number of likely N-dealkylation sites (tertiary alicyclic amines) is 1. The first kappa shape index (κ1) is 13.4. The van der Waals surface area contributed by atoms with E-state index in [1.807, 2.05) is 11.8 Å². The Bertz CT molecular complexity index is 621. The maximum atomic E-state index is 12.4. The van der Waals surface area contributed by atoms with E-state index in [1.54, 1.807) is 12.1 Å². The average Bonchev–Trinajstić information content (AvgIpc) is 3.07. The molecule has 3 rings (SSSR count). The van der Waals surface area contributed by atoms with Gasteiger partial charge < -0.3 is 9.32 Å². The summed E-state index contributed by atoms with van der Waals surface area (Å²) in [5.41, 5.74) is 0. The first-order valence-corrected chi connectivity index (χ1v) is 7.36. The monoisotopic (exact) mass is 338 g/mol. The first-order chi connectivity index (χ1) is 9.63. The van der Waals surface area contributed by atoms with E-state index in [2.05, 4.69) is 31.1 Å². The molecule has 1 amide bonds. The van der Waals surface area contributed by atoms with Gasteiger partial charge in [-0.15, -0.1) is 0 Å². The second kappa shape index (κ2) is 5.40. The Morgan fingerprint density at radius 3 is 3.05 bits per heavy atom. The topological polar surface area (TPSA) is 75.0 Å². The molecule has 0 spiro atoms. The van der Waals surface area contributed by atoms with Crippen LogP contribution in [0, 0.1) is 6.92 Å². The lowest BCUT2D eigenvalue weighted by Gasteiger charge is -2.30. The minimum Gasteiger partial charge on any atom is -0.444 e. The van der Waals surface area contributed by atoms with Gasteiger partial charge in [-0.25, -0.2) is 4.98 Å². The number of aromatic amines is 1. The molecule has 1 aliphatic heterocycles. The van der Waals surface area contributed by atoms with Gasteiger partial charge in [0.1, 0.15) is 5.82 Å². The smallest absolute Gasteiger partial charge is 0.289 e. The van der Waals surface area contributed by atoms with Crippen LogP contribution in [0.3, 0.4) is 0 Å². The average molecular weight is 339 g/mol. The second-order valence-corrected chi connectivity index (χ2v) is 5.75. The van der Waals surface area contributed by atoms with E-state index in [1.165, 1.54) is 0 Å². The maximum Gasteiger partial charge on any atom is 0.289 e. The molecule has 0 saturated carbocycles. The summed E-state index contributed by atoms with van der Waals surface area (Å²) in [6, 6.07) is 3.42. The molecule has 7 heteroatoms. The summed E-state index contributed by atoms with van der Waals surface area (Å²) in [7, 11) is 0. The highest BCUT2D eigenvalue weighted by atomic mass is 79.9. The number of nitrogens with one attached hydrogen (secondary N) is 1. The van der Waals surface area contributed by atoms with Crippen molar-refractivity contribution in [3.63, 3.8) is 0 Å². The fourth-order valence-electron chi connectivity index (χ4n) is 2.50. The van der Waals surface area contributed by atoms with Gasteiger partial charge in [0.15, 0.2) is 16.3 Å². The predicted octanol–water partition coefficient (Wildman–Crippen LogP) is 2.49. The molecule has 20 heavy (non-hydrogen) atoms. The molecule has 0 aromatic carbocycles. The molecular weight excluding hydrogens is 324 g/mol. The quantitative estimate of drug-likeness (QED) is 0.912. The van der Waals surface area contributed by atoms with Gasteiger partial charge in [0.25, 0.3) is 5.91 Å². The van der Waals surface area contributed by atoms with Gasteiger partial charge in [0, 0.05) is 19.0 Å². The van der Waals surface area contributed by atoms with Gasteiger partial charge in [-0.05, 0) is 47.8 Å². The van der Waals surface area contributed by atoms with E-state index in [9.17, 15) is 4.79 Å². The van der Waals surface area contributed by atoms with Crippen LogP contribution in [0.1, 0.15) is 41.0 Å². The molecule has 106 valence electrons. The number of amides is 1. The minimum absolute atomic E-state index is 0.0762. The van der Waals surface area contributed by atoms with Gasteiger partial charge >= 0.3 is 0 Å². The number of halogens is 1. The Morgan fingerprint density at radius 2 is 2.40 bits per heavy atom. The molecule has 0 unspecified atom stereocenters. The van der Waals surface area contributed by atoms with Crippen molar-refractivity contribution >= 4 is 21.8 Å². The Labute approximate surface area is 124 Å². The summed E-state index contributed by atoms with van der Waals surface area (Å²) in [6.07, 6.45) is 1.95. The lowest BCUT2D eigenvalue weighted by atomic mass is 9.97. The van der Waals surface area contributed by atoms with Crippen molar-refractivity contribution in [2.45, 2.75) is 25.7 Å². The number of hydrogen-bond acceptors (Lipinski definition) is 4. The van der Waals surface area contributed by atoms with E-state index in [0.29, 0.717) is 17.0 Å². The normalized spacial score (nSPS) is 19.3. The van der Waals surface area contributed by atoms with Crippen LogP contribution in [0.2, 0.25) is 0 Å². The van der Waals surface area contributed by atoms with E-state index in [-0.39, 0.29) is 11.8 Å². The van der Waals surface area contributed by atoms with Crippen LogP contribution in [-0.4, -0.2) is 39.1 Å². The summed E-state index contributed by atoms with van der Waals surface area (Å²) in [5, 5.41) is 7.06. The Kier molecular flexibility index (Phi) is 3.60. The van der Waals surface area contributed by atoms with E-state index < -0.39 is 0 Å². The lowest BCUT2D eigenvalue weighted by molar-refractivity contribution is 0.0671. The third-order valence-electron chi connectivity index (χ3n) is 3.47. The lowest BCUT2D eigenvalue weighted by Crippen LogP contribution is -2.39. The predicted molar refractivity (Wildman–Crippen MR) is 75.4 cm³/mol. The number of nitrogens with zero attached hydrogens (tertiary/aromatic N) is 3. The van der Waals surface area contributed by atoms with Crippen LogP contribution < -0.4 is 0 Å². The molecule has 3 heterocycles. The molecule has 1 fully saturated rings. The molecule has 1 N–H and O–H groups in total. The highest BCUT2D eigenvalue weighted by Gasteiger charge is 2.28. The highest BCUT2D eigenvalue weighted by molar-refractivity contribution is 9.10. The second-order valence-electron chi connectivity index (χ2n) is 4.97. The summed E-state index contributed by atoms with van der Waals surface area (Å²) in [6.45, 7) is 3.26. The van der Waals surface area contributed by atoms with Gasteiger partial charge in [-0.3, -0.25) is 9.89 Å². The zero-order valence-corrected chi connectivity index (χ0v) is 12.7. The molecule has 1 saturated heterocycles. The number of aromatic nitrogens is 3. The largest absolute Gasteiger partial charge is 0.444 e. The number of H-pyrrole nitrogens is 1. The minimum atomic E-state index is -0.0762. The standard InChI is InChI=1S/C13H15BrN4O2/c1-8-15-12(17-16-8)9-3-2-6-18(7-9)13(19)10-4-5-11(14)20-10/h4-5,9H,2-3,6-7H2,1H3,(H,15,16,17)/t9-/m1/s1. The molecule has 1 aliphatic rings. The molecule has 0 bridgehead atoms. The van der Waals surface area contributed by atoms with Gasteiger partial charge in [0.2, 0.25) is 0 Å². The Morgan fingerprint density at radius 1 is 1.55 bits per heavy atom. The molecule has 6 nitrogen and oxygen atoms in total. The van der Waals surface area contributed by atoms with E-state index in [4.69, 9.17) is 4.42 Å². The van der Waals surface area contributed by atoms with Crippen molar-refractivity contribution in [1.29, 1.82) is 0 Å². The third kappa shape index (κ3) is 2.63. The number of carbonyl (C=O) groups is 1. The number of aryl methyl sites for hydroxylation is 1.